The maximum Gasteiger partial charge on any atom is 0.343 e. The molecule has 3 rings (SSSR count). The summed E-state index contributed by atoms with van der Waals surface area (Å²) in [5.74, 6) is 0. The first-order chi connectivity index (χ1) is 8.81. The van der Waals surface area contributed by atoms with Gasteiger partial charge < -0.3 is 4.74 Å². The van der Waals surface area contributed by atoms with Crippen LogP contribution in [0.25, 0.3) is 5.69 Å². The molecule has 3 aromatic rings. The van der Waals surface area contributed by atoms with E-state index in [1.807, 2.05) is 30.3 Å². The molecule has 8 heteroatoms. The van der Waals surface area contributed by atoms with E-state index in [1.54, 1.807) is 11.0 Å². The van der Waals surface area contributed by atoms with Crippen molar-refractivity contribution in [1.29, 1.82) is 0 Å². The smallest absolute Gasteiger partial charge is 0.343 e. The number of aromatic nitrogens is 5. The molecule has 0 bridgehead atoms. The normalized spacial score (nSPS) is 10.5. The fourth-order valence-electron chi connectivity index (χ4n) is 1.31. The highest BCUT2D eigenvalue weighted by Gasteiger charge is 2.08. The van der Waals surface area contributed by atoms with Crippen molar-refractivity contribution in [3.63, 3.8) is 0 Å². The van der Waals surface area contributed by atoms with Crippen molar-refractivity contribution >= 4 is 27.3 Å². The summed E-state index contributed by atoms with van der Waals surface area (Å²) in [4.78, 5) is 4.05. The van der Waals surface area contributed by atoms with Gasteiger partial charge in [-0.1, -0.05) is 23.3 Å². The van der Waals surface area contributed by atoms with Crippen LogP contribution in [0.5, 0.6) is 11.2 Å². The third kappa shape index (κ3) is 2.39. The van der Waals surface area contributed by atoms with Gasteiger partial charge in [0.2, 0.25) is 0 Å². The molecule has 0 fully saturated rings. The Morgan fingerprint density at radius 2 is 2.00 bits per heavy atom. The van der Waals surface area contributed by atoms with Crippen molar-refractivity contribution in [2.45, 2.75) is 0 Å². The minimum atomic E-state index is 0.238. The van der Waals surface area contributed by atoms with Crippen LogP contribution in [0.15, 0.2) is 40.6 Å². The van der Waals surface area contributed by atoms with Gasteiger partial charge in [0.25, 0.3) is 0 Å². The lowest BCUT2D eigenvalue weighted by atomic mass is 10.3. The van der Waals surface area contributed by atoms with Crippen LogP contribution in [0.3, 0.4) is 0 Å². The summed E-state index contributed by atoms with van der Waals surface area (Å²) < 4.78 is 7.66. The molecule has 0 atom stereocenters. The van der Waals surface area contributed by atoms with Crippen molar-refractivity contribution in [1.82, 2.24) is 25.0 Å². The fourth-order valence-corrected chi connectivity index (χ4v) is 2.23. The topological polar surface area (TPSA) is 65.7 Å². The van der Waals surface area contributed by atoms with Crippen LogP contribution in [0.4, 0.5) is 0 Å². The highest BCUT2D eigenvalue weighted by molar-refractivity contribution is 9.11. The molecule has 0 saturated heterocycles. The Morgan fingerprint density at radius 3 is 2.72 bits per heavy atom. The number of para-hydroxylation sites is 1. The van der Waals surface area contributed by atoms with Crippen LogP contribution in [0, 0.1) is 0 Å². The first kappa shape index (κ1) is 11.3. The van der Waals surface area contributed by atoms with E-state index in [9.17, 15) is 0 Å². The molecule has 18 heavy (non-hydrogen) atoms. The third-order valence-electron chi connectivity index (χ3n) is 2.05. The lowest BCUT2D eigenvalue weighted by Gasteiger charge is -1.97. The second-order valence-electron chi connectivity index (χ2n) is 3.23. The minimum Gasteiger partial charge on any atom is -0.393 e. The SMILES string of the molecule is Brc1nnc(Oc2ncn(-c3ccccc3)n2)s1. The molecule has 1 aromatic carbocycles. The number of nitrogens with zero attached hydrogens (tertiary/aromatic N) is 5. The van der Waals surface area contributed by atoms with Gasteiger partial charge in [-0.3, -0.25) is 0 Å². The molecule has 0 aliphatic rings. The van der Waals surface area contributed by atoms with Crippen molar-refractivity contribution in [2.75, 3.05) is 0 Å². The molecule has 0 unspecified atom stereocenters. The van der Waals surface area contributed by atoms with Crippen LogP contribution in [-0.2, 0) is 0 Å². The van der Waals surface area contributed by atoms with Crippen LogP contribution in [-0.4, -0.2) is 25.0 Å². The summed E-state index contributed by atoms with van der Waals surface area (Å²) in [7, 11) is 0. The maximum atomic E-state index is 5.37. The Bertz CT molecular complexity index is 653. The van der Waals surface area contributed by atoms with Gasteiger partial charge in [-0.25, -0.2) is 4.68 Å². The summed E-state index contributed by atoms with van der Waals surface area (Å²) in [6, 6.07) is 9.90. The Hall–Kier alpha value is -1.80. The average molecular weight is 324 g/mol. The van der Waals surface area contributed by atoms with Gasteiger partial charge in [-0.05, 0) is 39.4 Å². The zero-order valence-electron chi connectivity index (χ0n) is 8.89. The van der Waals surface area contributed by atoms with Crippen molar-refractivity contribution in [2.24, 2.45) is 0 Å². The van der Waals surface area contributed by atoms with Gasteiger partial charge in [0, 0.05) is 0 Å². The van der Waals surface area contributed by atoms with Gasteiger partial charge in [-0.15, -0.1) is 10.2 Å². The number of ether oxygens (including phenoxy) is 1. The number of hydrogen-bond donors (Lipinski definition) is 0. The van der Waals surface area contributed by atoms with E-state index in [0.717, 1.165) is 5.69 Å². The number of hydrogen-bond acceptors (Lipinski definition) is 6. The Labute approximate surface area is 114 Å². The predicted octanol–water partition coefficient (Wildman–Crippen LogP) is 2.67. The van der Waals surface area contributed by atoms with Gasteiger partial charge in [0.15, 0.2) is 3.92 Å². The predicted molar refractivity (Wildman–Crippen MR) is 69.0 cm³/mol. The van der Waals surface area contributed by atoms with E-state index in [0.29, 0.717) is 9.11 Å². The maximum absolute atomic E-state index is 5.37. The molecule has 0 spiro atoms. The second kappa shape index (κ2) is 4.83. The van der Waals surface area contributed by atoms with Crippen LogP contribution >= 0.6 is 27.3 Å². The Morgan fingerprint density at radius 1 is 1.17 bits per heavy atom. The molecule has 0 aliphatic heterocycles. The molecular weight excluding hydrogens is 318 g/mol. The van der Waals surface area contributed by atoms with E-state index in [-0.39, 0.29) is 6.01 Å². The summed E-state index contributed by atoms with van der Waals surface area (Å²) in [5.41, 5.74) is 0.915. The molecule has 0 N–H and O–H groups in total. The summed E-state index contributed by atoms with van der Waals surface area (Å²) in [5, 5.41) is 12.2. The van der Waals surface area contributed by atoms with Crippen molar-refractivity contribution in [3.05, 3.63) is 40.6 Å². The third-order valence-corrected chi connectivity index (χ3v) is 3.29. The quantitative estimate of drug-likeness (QED) is 0.741. The van der Waals surface area contributed by atoms with Gasteiger partial charge in [-0.2, -0.15) is 4.98 Å². The molecule has 2 heterocycles. The Kier molecular flexibility index (Phi) is 3.03. The number of halogens is 1. The molecule has 2 aromatic heterocycles. The Balaban J connectivity index is 1.82. The lowest BCUT2D eigenvalue weighted by molar-refractivity contribution is 0.434. The molecule has 0 radical (unpaired) electrons. The van der Waals surface area contributed by atoms with Crippen molar-refractivity contribution in [3.8, 4) is 16.9 Å². The number of benzene rings is 1. The minimum absolute atomic E-state index is 0.238. The monoisotopic (exact) mass is 323 g/mol. The zero-order valence-corrected chi connectivity index (χ0v) is 11.3. The van der Waals surface area contributed by atoms with Crippen LogP contribution in [0.2, 0.25) is 0 Å². The number of rotatable bonds is 3. The molecular formula is C10H6BrN5OS. The van der Waals surface area contributed by atoms with Gasteiger partial charge in [0.1, 0.15) is 6.33 Å². The fraction of sp³-hybridized carbons (Fsp3) is 0. The van der Waals surface area contributed by atoms with E-state index >= 15 is 0 Å². The largest absolute Gasteiger partial charge is 0.393 e. The van der Waals surface area contributed by atoms with Gasteiger partial charge in [0.05, 0.1) is 5.69 Å². The average Bonchev–Trinajstić information content (AvgIpc) is 3.01. The van der Waals surface area contributed by atoms with Crippen LogP contribution < -0.4 is 4.74 Å². The van der Waals surface area contributed by atoms with E-state index in [1.165, 1.54) is 11.3 Å². The highest BCUT2D eigenvalue weighted by atomic mass is 79.9. The standard InChI is InChI=1S/C10H6BrN5OS/c11-8-13-14-10(18-8)17-9-12-6-16(15-9)7-4-2-1-3-5-7/h1-6H. The lowest BCUT2D eigenvalue weighted by Crippen LogP contribution is -1.94. The molecule has 0 saturated carbocycles. The summed E-state index contributed by atoms with van der Waals surface area (Å²) in [6.45, 7) is 0. The molecule has 90 valence electrons. The van der Waals surface area contributed by atoms with E-state index < -0.39 is 0 Å². The molecule has 0 amide bonds. The van der Waals surface area contributed by atoms with Crippen LogP contribution in [0.1, 0.15) is 0 Å². The van der Waals surface area contributed by atoms with E-state index in [4.69, 9.17) is 4.74 Å². The first-order valence-electron chi connectivity index (χ1n) is 4.95. The second-order valence-corrected chi connectivity index (χ2v) is 5.45. The summed E-state index contributed by atoms with van der Waals surface area (Å²) >= 11 is 4.48. The van der Waals surface area contributed by atoms with Crippen molar-refractivity contribution < 1.29 is 4.74 Å². The molecule has 6 nitrogen and oxygen atoms in total. The first-order valence-corrected chi connectivity index (χ1v) is 6.56. The van der Waals surface area contributed by atoms with E-state index in [2.05, 4.69) is 36.2 Å². The zero-order chi connectivity index (χ0) is 12.4. The summed E-state index contributed by atoms with van der Waals surface area (Å²) in [6.07, 6.45) is 1.58. The molecule has 0 aliphatic carbocycles. The van der Waals surface area contributed by atoms with Gasteiger partial charge >= 0.3 is 11.2 Å². The highest BCUT2D eigenvalue weighted by Crippen LogP contribution is 2.25.